The van der Waals surface area contributed by atoms with Crippen LogP contribution in [0, 0.1) is 0 Å². The third-order valence-electron chi connectivity index (χ3n) is 1.94. The Balaban J connectivity index is 2.76. The van der Waals surface area contributed by atoms with Crippen LogP contribution >= 0.6 is 27.5 Å². The fourth-order valence-electron chi connectivity index (χ4n) is 1.12. The van der Waals surface area contributed by atoms with Crippen molar-refractivity contribution in [2.45, 2.75) is 13.0 Å². The van der Waals surface area contributed by atoms with Gasteiger partial charge < -0.3 is 10.6 Å². The van der Waals surface area contributed by atoms with E-state index in [4.69, 9.17) is 11.6 Å². The van der Waals surface area contributed by atoms with E-state index in [2.05, 4.69) is 26.6 Å². The first-order chi connectivity index (χ1) is 7.04. The van der Waals surface area contributed by atoms with E-state index in [-0.39, 0.29) is 11.9 Å². The molecule has 0 aromatic heterocycles. The molecular formula is C10H12BrClN2O. The summed E-state index contributed by atoms with van der Waals surface area (Å²) in [5, 5.41) is 6.17. The summed E-state index contributed by atoms with van der Waals surface area (Å²) >= 11 is 9.31. The zero-order valence-electron chi connectivity index (χ0n) is 8.47. The second-order valence-electron chi connectivity index (χ2n) is 3.10. The highest BCUT2D eigenvalue weighted by molar-refractivity contribution is 9.10. The van der Waals surface area contributed by atoms with Gasteiger partial charge in [-0.15, -0.1) is 0 Å². The average Bonchev–Trinajstić information content (AvgIpc) is 2.20. The molecule has 1 amide bonds. The van der Waals surface area contributed by atoms with Crippen molar-refractivity contribution in [2.75, 3.05) is 12.4 Å². The molecule has 0 fully saturated rings. The number of likely N-dealkylation sites (N-methyl/N-ethyl adjacent to an activating group) is 1. The molecule has 0 heterocycles. The summed E-state index contributed by atoms with van der Waals surface area (Å²) in [6, 6.07) is 5.16. The van der Waals surface area contributed by atoms with Gasteiger partial charge in [0.2, 0.25) is 5.91 Å². The molecule has 15 heavy (non-hydrogen) atoms. The number of halogens is 2. The van der Waals surface area contributed by atoms with Gasteiger partial charge in [0.1, 0.15) is 6.04 Å². The van der Waals surface area contributed by atoms with Crippen LogP contribution in [0.4, 0.5) is 5.69 Å². The first-order valence-electron chi connectivity index (χ1n) is 4.47. The highest BCUT2D eigenvalue weighted by Crippen LogP contribution is 2.26. The lowest BCUT2D eigenvalue weighted by atomic mass is 10.2. The normalized spacial score (nSPS) is 12.0. The number of hydrogen-bond donors (Lipinski definition) is 2. The molecule has 0 aliphatic rings. The Kier molecular flexibility index (Phi) is 4.42. The van der Waals surface area contributed by atoms with Crippen LogP contribution in [0.25, 0.3) is 0 Å². The van der Waals surface area contributed by atoms with E-state index < -0.39 is 0 Å². The topological polar surface area (TPSA) is 41.1 Å². The molecule has 0 spiro atoms. The van der Waals surface area contributed by atoms with Gasteiger partial charge in [0.25, 0.3) is 0 Å². The van der Waals surface area contributed by atoms with Crippen molar-refractivity contribution in [1.29, 1.82) is 0 Å². The van der Waals surface area contributed by atoms with Crippen LogP contribution in [0.1, 0.15) is 6.92 Å². The number of anilines is 1. The van der Waals surface area contributed by atoms with Crippen LogP contribution in [0.2, 0.25) is 5.02 Å². The number of carbonyl (C=O) groups excluding carboxylic acids is 1. The van der Waals surface area contributed by atoms with Crippen LogP contribution in [-0.4, -0.2) is 19.0 Å². The first kappa shape index (κ1) is 12.3. The molecule has 1 aromatic rings. The third kappa shape index (κ3) is 3.39. The quantitative estimate of drug-likeness (QED) is 0.899. The Labute approximate surface area is 102 Å². The van der Waals surface area contributed by atoms with Crippen LogP contribution in [0.5, 0.6) is 0 Å². The molecule has 0 saturated heterocycles. The lowest BCUT2D eigenvalue weighted by Crippen LogP contribution is -2.35. The second kappa shape index (κ2) is 5.37. The predicted molar refractivity (Wildman–Crippen MR) is 66.3 cm³/mol. The second-order valence-corrected chi connectivity index (χ2v) is 4.43. The Morgan fingerprint density at radius 2 is 2.20 bits per heavy atom. The van der Waals surface area contributed by atoms with Gasteiger partial charge in [-0.2, -0.15) is 0 Å². The molecule has 2 N–H and O–H groups in total. The number of amides is 1. The molecule has 1 aromatic carbocycles. The van der Waals surface area contributed by atoms with Crippen LogP contribution < -0.4 is 10.6 Å². The molecule has 0 radical (unpaired) electrons. The molecule has 0 aliphatic carbocycles. The Morgan fingerprint density at radius 3 is 2.73 bits per heavy atom. The fourth-order valence-corrected chi connectivity index (χ4v) is 1.85. The molecule has 0 aliphatic heterocycles. The van der Waals surface area contributed by atoms with Crippen molar-refractivity contribution in [1.82, 2.24) is 5.32 Å². The monoisotopic (exact) mass is 290 g/mol. The highest BCUT2D eigenvalue weighted by atomic mass is 79.9. The minimum Gasteiger partial charge on any atom is -0.373 e. The van der Waals surface area contributed by atoms with E-state index in [1.165, 1.54) is 0 Å². The summed E-state index contributed by atoms with van der Waals surface area (Å²) in [7, 11) is 1.60. The molecule has 0 saturated carbocycles. The van der Waals surface area contributed by atoms with Crippen LogP contribution in [-0.2, 0) is 4.79 Å². The fraction of sp³-hybridized carbons (Fsp3) is 0.300. The van der Waals surface area contributed by atoms with Crippen molar-refractivity contribution in [3.8, 4) is 0 Å². The molecule has 82 valence electrons. The van der Waals surface area contributed by atoms with Crippen LogP contribution in [0.3, 0.4) is 0 Å². The van der Waals surface area contributed by atoms with Crippen molar-refractivity contribution in [3.05, 3.63) is 27.7 Å². The minimum atomic E-state index is -0.311. The van der Waals surface area contributed by atoms with E-state index in [1.807, 2.05) is 12.1 Å². The number of benzene rings is 1. The summed E-state index contributed by atoms with van der Waals surface area (Å²) in [6.45, 7) is 1.78. The standard InChI is InChI=1S/C10H12BrClN2O/c1-6(10(15)13-2)14-9-4-3-7(11)5-8(9)12/h3-6,14H,1-2H3,(H,13,15). The van der Waals surface area contributed by atoms with Crippen molar-refractivity contribution in [2.24, 2.45) is 0 Å². The van der Waals surface area contributed by atoms with Crippen molar-refractivity contribution in [3.63, 3.8) is 0 Å². The number of rotatable bonds is 3. The van der Waals surface area contributed by atoms with Gasteiger partial charge >= 0.3 is 0 Å². The van der Waals surface area contributed by atoms with Gasteiger partial charge in [0.15, 0.2) is 0 Å². The van der Waals surface area contributed by atoms with Gasteiger partial charge in [0, 0.05) is 11.5 Å². The van der Waals surface area contributed by atoms with E-state index >= 15 is 0 Å². The number of hydrogen-bond acceptors (Lipinski definition) is 2. The van der Waals surface area contributed by atoms with E-state index in [1.54, 1.807) is 20.0 Å². The molecule has 5 heteroatoms. The lowest BCUT2D eigenvalue weighted by molar-refractivity contribution is -0.121. The molecule has 1 atom stereocenters. The first-order valence-corrected chi connectivity index (χ1v) is 5.65. The smallest absolute Gasteiger partial charge is 0.241 e. The van der Waals surface area contributed by atoms with Crippen molar-refractivity contribution >= 4 is 39.1 Å². The van der Waals surface area contributed by atoms with Crippen molar-refractivity contribution < 1.29 is 4.79 Å². The summed E-state index contributed by atoms with van der Waals surface area (Å²) < 4.78 is 0.908. The molecule has 3 nitrogen and oxygen atoms in total. The molecule has 0 bridgehead atoms. The summed E-state index contributed by atoms with van der Waals surface area (Å²) in [5.41, 5.74) is 0.746. The Bertz CT molecular complexity index is 370. The minimum absolute atomic E-state index is 0.0750. The maximum atomic E-state index is 11.3. The van der Waals surface area contributed by atoms with E-state index in [0.717, 1.165) is 10.2 Å². The largest absolute Gasteiger partial charge is 0.373 e. The zero-order valence-corrected chi connectivity index (χ0v) is 10.8. The SMILES string of the molecule is CNC(=O)C(C)Nc1ccc(Br)cc1Cl. The predicted octanol–water partition coefficient (Wildman–Crippen LogP) is 2.65. The van der Waals surface area contributed by atoms with Gasteiger partial charge in [-0.25, -0.2) is 0 Å². The molecule has 1 rings (SSSR count). The highest BCUT2D eigenvalue weighted by Gasteiger charge is 2.11. The maximum Gasteiger partial charge on any atom is 0.241 e. The van der Waals surface area contributed by atoms with Gasteiger partial charge in [-0.1, -0.05) is 27.5 Å². The lowest BCUT2D eigenvalue weighted by Gasteiger charge is -2.14. The average molecular weight is 292 g/mol. The maximum absolute atomic E-state index is 11.3. The van der Waals surface area contributed by atoms with Crippen LogP contribution in [0.15, 0.2) is 22.7 Å². The summed E-state index contributed by atoms with van der Waals surface area (Å²) in [4.78, 5) is 11.3. The zero-order chi connectivity index (χ0) is 11.4. The molecule has 1 unspecified atom stereocenters. The van der Waals surface area contributed by atoms with Gasteiger partial charge in [-0.3, -0.25) is 4.79 Å². The summed E-state index contributed by atoms with van der Waals surface area (Å²) in [6.07, 6.45) is 0. The number of nitrogens with one attached hydrogen (secondary N) is 2. The number of carbonyl (C=O) groups is 1. The van der Waals surface area contributed by atoms with Gasteiger partial charge in [-0.05, 0) is 25.1 Å². The van der Waals surface area contributed by atoms with E-state index in [0.29, 0.717) is 5.02 Å². The molecular weight excluding hydrogens is 279 g/mol. The summed E-state index contributed by atoms with van der Waals surface area (Å²) in [5.74, 6) is -0.0750. The van der Waals surface area contributed by atoms with E-state index in [9.17, 15) is 4.79 Å². The van der Waals surface area contributed by atoms with Gasteiger partial charge in [0.05, 0.1) is 10.7 Å². The Hall–Kier alpha value is -0.740. The Morgan fingerprint density at radius 1 is 1.53 bits per heavy atom. The third-order valence-corrected chi connectivity index (χ3v) is 2.75.